The number of hydrogen-bond donors (Lipinski definition) is 2. The number of alkyl halides is 3. The highest BCUT2D eigenvalue weighted by molar-refractivity contribution is 5.91. The van der Waals surface area contributed by atoms with Crippen molar-refractivity contribution in [1.82, 2.24) is 9.88 Å². The Morgan fingerprint density at radius 1 is 1.21 bits per heavy atom. The maximum atomic E-state index is 13.7. The molecule has 2 N–H and O–H groups in total. The number of halogens is 3. The number of benzene rings is 2. The minimum absolute atomic E-state index is 0.319. The molecule has 7 nitrogen and oxygen atoms in total. The number of hydrogen-bond acceptors (Lipinski definition) is 6. The van der Waals surface area contributed by atoms with Gasteiger partial charge in [-0.25, -0.2) is 0 Å². The number of aromatic nitrogens is 1. The van der Waals surface area contributed by atoms with Crippen molar-refractivity contribution in [2.24, 2.45) is 4.99 Å². The predicted octanol–water partition coefficient (Wildman–Crippen LogP) is 3.73. The number of nitrogens with one attached hydrogen (secondary N) is 2. The Morgan fingerprint density at radius 3 is 2.74 bits per heavy atom. The second kappa shape index (κ2) is 8.53. The summed E-state index contributed by atoms with van der Waals surface area (Å²) in [7, 11) is 1.54. The van der Waals surface area contributed by atoms with E-state index in [2.05, 4.69) is 15.6 Å². The Morgan fingerprint density at radius 2 is 2.00 bits per heavy atom. The van der Waals surface area contributed by atoms with Crippen LogP contribution < -0.4 is 25.7 Å². The van der Waals surface area contributed by atoms with Gasteiger partial charge < -0.3 is 14.8 Å². The lowest BCUT2D eigenvalue weighted by Gasteiger charge is -2.26. The third kappa shape index (κ3) is 4.24. The fraction of sp³-hybridized carbons (Fsp3) is 0.250. The second-order valence-corrected chi connectivity index (χ2v) is 7.94. The highest BCUT2D eigenvalue weighted by atomic mass is 19.4. The molecule has 176 valence electrons. The molecular weight excluding hydrogens is 449 g/mol. The van der Waals surface area contributed by atoms with Crippen LogP contribution in [0.15, 0.2) is 58.3 Å². The van der Waals surface area contributed by atoms with Crippen LogP contribution in [0.2, 0.25) is 0 Å². The molecular formula is C24H21F3N4O3. The quantitative estimate of drug-likeness (QED) is 0.595. The first-order valence-electron chi connectivity index (χ1n) is 10.6. The van der Waals surface area contributed by atoms with Crippen molar-refractivity contribution < 1.29 is 22.6 Å². The highest BCUT2D eigenvalue weighted by Crippen LogP contribution is 2.32. The number of nitrogens with zero attached hydrogens (tertiary/aromatic N) is 2. The zero-order valence-electron chi connectivity index (χ0n) is 18.1. The normalized spacial score (nSPS) is 16.4. The monoisotopic (exact) mass is 470 g/mol. The SMILES string of the molecule is COc1ccc(-n2c3c(cc(-c4ccc5c(c4)CCO5)c2=O)C=NC(NCC(F)(F)F)N3)cc1. The lowest BCUT2D eigenvalue weighted by molar-refractivity contribution is -0.125. The summed E-state index contributed by atoms with van der Waals surface area (Å²) < 4.78 is 50.3. The topological polar surface area (TPSA) is 76.9 Å². The van der Waals surface area contributed by atoms with E-state index in [0.717, 1.165) is 23.3 Å². The van der Waals surface area contributed by atoms with E-state index in [-0.39, 0.29) is 5.56 Å². The fourth-order valence-corrected chi connectivity index (χ4v) is 4.06. The van der Waals surface area contributed by atoms with Crippen molar-refractivity contribution in [3.05, 3.63) is 70.0 Å². The van der Waals surface area contributed by atoms with E-state index in [1.807, 2.05) is 18.2 Å². The van der Waals surface area contributed by atoms with Gasteiger partial charge in [-0.2, -0.15) is 13.2 Å². The molecule has 3 heterocycles. The molecule has 3 aromatic rings. The van der Waals surface area contributed by atoms with Gasteiger partial charge in [0.05, 0.1) is 25.9 Å². The zero-order chi connectivity index (χ0) is 23.9. The maximum Gasteiger partial charge on any atom is 0.401 e. The van der Waals surface area contributed by atoms with Crippen molar-refractivity contribution in [2.75, 3.05) is 25.6 Å². The first-order chi connectivity index (χ1) is 16.3. The summed E-state index contributed by atoms with van der Waals surface area (Å²) in [5.41, 5.74) is 2.98. The molecule has 2 aliphatic rings. The molecule has 1 unspecified atom stereocenters. The van der Waals surface area contributed by atoms with Gasteiger partial charge in [0.25, 0.3) is 5.56 Å². The molecule has 1 atom stereocenters. The number of ether oxygens (including phenoxy) is 2. The first kappa shape index (κ1) is 22.0. The molecule has 2 aliphatic heterocycles. The molecule has 0 spiro atoms. The molecule has 0 saturated heterocycles. The van der Waals surface area contributed by atoms with Crippen LogP contribution in [-0.4, -0.2) is 43.5 Å². The van der Waals surface area contributed by atoms with E-state index in [9.17, 15) is 18.0 Å². The first-order valence-corrected chi connectivity index (χ1v) is 10.6. The molecule has 0 saturated carbocycles. The number of pyridine rings is 1. The summed E-state index contributed by atoms with van der Waals surface area (Å²) in [5.74, 6) is 1.76. The van der Waals surface area contributed by atoms with Crippen molar-refractivity contribution in [3.63, 3.8) is 0 Å². The smallest absolute Gasteiger partial charge is 0.401 e. The van der Waals surface area contributed by atoms with Crippen LogP contribution in [0, 0.1) is 0 Å². The van der Waals surface area contributed by atoms with Crippen LogP contribution in [0.5, 0.6) is 11.5 Å². The second-order valence-electron chi connectivity index (χ2n) is 7.94. The van der Waals surface area contributed by atoms with Gasteiger partial charge in [-0.05, 0) is 53.6 Å². The number of methoxy groups -OCH3 is 1. The molecule has 34 heavy (non-hydrogen) atoms. The minimum atomic E-state index is -4.39. The predicted molar refractivity (Wildman–Crippen MR) is 122 cm³/mol. The van der Waals surface area contributed by atoms with E-state index in [1.54, 1.807) is 30.3 Å². The number of fused-ring (bicyclic) bond motifs is 2. The zero-order valence-corrected chi connectivity index (χ0v) is 18.1. The lowest BCUT2D eigenvalue weighted by atomic mass is 10.0. The van der Waals surface area contributed by atoms with E-state index >= 15 is 0 Å². The van der Waals surface area contributed by atoms with Crippen LogP contribution >= 0.6 is 0 Å². The molecule has 1 aromatic heterocycles. The Labute approximate surface area is 192 Å². The third-order valence-electron chi connectivity index (χ3n) is 5.69. The molecule has 0 aliphatic carbocycles. The van der Waals surface area contributed by atoms with Crippen LogP contribution in [-0.2, 0) is 6.42 Å². The van der Waals surface area contributed by atoms with E-state index in [4.69, 9.17) is 9.47 Å². The average Bonchev–Trinajstić information content (AvgIpc) is 3.30. The van der Waals surface area contributed by atoms with Gasteiger partial charge in [-0.3, -0.25) is 19.7 Å². The van der Waals surface area contributed by atoms with E-state index < -0.39 is 19.0 Å². The Balaban J connectivity index is 1.62. The summed E-state index contributed by atoms with van der Waals surface area (Å²) >= 11 is 0. The lowest BCUT2D eigenvalue weighted by Crippen LogP contribution is -2.43. The molecule has 0 amide bonds. The summed E-state index contributed by atoms with van der Waals surface area (Å²) in [6, 6.07) is 14.2. The van der Waals surface area contributed by atoms with Gasteiger partial charge >= 0.3 is 6.18 Å². The Bertz CT molecular complexity index is 1320. The summed E-state index contributed by atoms with van der Waals surface area (Å²) in [6.07, 6.45) is -3.20. The standard InChI is InChI=1S/C24H21F3N4O3/c1-33-18-5-3-17(4-6-18)31-21-16(12-28-23(30-21)29-13-24(25,26)27)11-19(22(31)32)14-2-7-20-15(10-14)8-9-34-20/h2-7,10-12,23,29-30H,8-9,13H2,1H3. The van der Waals surface area contributed by atoms with Gasteiger partial charge in [0.1, 0.15) is 17.3 Å². The Kier molecular flexibility index (Phi) is 5.52. The molecule has 0 radical (unpaired) electrons. The molecule has 0 fully saturated rings. The van der Waals surface area contributed by atoms with Crippen LogP contribution in [0.4, 0.5) is 19.0 Å². The van der Waals surface area contributed by atoms with E-state index in [1.165, 1.54) is 17.9 Å². The van der Waals surface area contributed by atoms with E-state index in [0.29, 0.717) is 35.0 Å². The van der Waals surface area contributed by atoms with Gasteiger partial charge in [-0.15, -0.1) is 0 Å². The largest absolute Gasteiger partial charge is 0.497 e. The van der Waals surface area contributed by atoms with Gasteiger partial charge in [0.2, 0.25) is 0 Å². The summed E-state index contributed by atoms with van der Waals surface area (Å²) in [5, 5.41) is 5.24. The minimum Gasteiger partial charge on any atom is -0.497 e. The average molecular weight is 470 g/mol. The highest BCUT2D eigenvalue weighted by Gasteiger charge is 2.29. The van der Waals surface area contributed by atoms with Gasteiger partial charge in [0, 0.05) is 23.8 Å². The summed E-state index contributed by atoms with van der Waals surface area (Å²) in [4.78, 5) is 17.9. The molecule has 10 heteroatoms. The van der Waals surface area contributed by atoms with Crippen molar-refractivity contribution >= 4 is 12.0 Å². The Hall–Kier alpha value is -3.79. The fourth-order valence-electron chi connectivity index (χ4n) is 4.06. The third-order valence-corrected chi connectivity index (χ3v) is 5.69. The van der Waals surface area contributed by atoms with Crippen LogP contribution in [0.1, 0.15) is 11.1 Å². The number of aliphatic imine (C=N–C) groups is 1. The summed E-state index contributed by atoms with van der Waals surface area (Å²) in [6.45, 7) is -0.624. The number of anilines is 1. The number of rotatable bonds is 5. The molecule has 5 rings (SSSR count). The van der Waals surface area contributed by atoms with Crippen molar-refractivity contribution in [3.8, 4) is 28.3 Å². The van der Waals surface area contributed by atoms with Crippen molar-refractivity contribution in [2.45, 2.75) is 18.9 Å². The molecule has 2 aromatic carbocycles. The van der Waals surface area contributed by atoms with Gasteiger partial charge in [0.15, 0.2) is 6.29 Å². The van der Waals surface area contributed by atoms with Crippen LogP contribution in [0.25, 0.3) is 16.8 Å². The van der Waals surface area contributed by atoms with Gasteiger partial charge in [-0.1, -0.05) is 6.07 Å². The van der Waals surface area contributed by atoms with Crippen molar-refractivity contribution in [1.29, 1.82) is 0 Å². The van der Waals surface area contributed by atoms with Crippen LogP contribution in [0.3, 0.4) is 0 Å². The molecule has 0 bridgehead atoms. The maximum absolute atomic E-state index is 13.7.